The van der Waals surface area contributed by atoms with E-state index in [4.69, 9.17) is 4.55 Å². The summed E-state index contributed by atoms with van der Waals surface area (Å²) in [6.07, 6.45) is 1.60. The minimum absolute atomic E-state index is 0. The molecule has 0 bridgehead atoms. The molecule has 0 unspecified atom stereocenters. The second kappa shape index (κ2) is 8.87. The van der Waals surface area contributed by atoms with E-state index in [0.29, 0.717) is 0 Å². The third kappa shape index (κ3) is 9.04. The second-order valence-corrected chi connectivity index (χ2v) is 0.548. The predicted molar refractivity (Wildman–Crippen MR) is 17.3 cm³/mol. The summed E-state index contributed by atoms with van der Waals surface area (Å²) in [5.41, 5.74) is 0. The van der Waals surface area contributed by atoms with E-state index in [0.717, 1.165) is 12.0 Å². The molecule has 22 valence electrons. The average Bonchev–Trinajstić information content (AvgIpc) is 0.918. The first-order valence-electron chi connectivity index (χ1n) is 0.591. The molecule has 0 aliphatic rings. The van der Waals surface area contributed by atoms with Gasteiger partial charge in [-0.15, -0.1) is 0 Å². The molecule has 0 amide bonds. The van der Waals surface area contributed by atoms with Crippen LogP contribution < -0.4 is 51.4 Å². The van der Waals surface area contributed by atoms with Crippen LogP contribution in [0.1, 0.15) is 1.43 Å². The third-order valence-corrected chi connectivity index (χ3v) is 0. The van der Waals surface area contributed by atoms with Crippen molar-refractivity contribution in [1.29, 1.82) is 0 Å². The molecular weight excluding hydrogens is 99.2 g/mol. The maximum absolute atomic E-state index is 7.49. The predicted octanol–water partition coefficient (Wildman–Crippen LogP) is -2.06. The molecule has 0 aliphatic carbocycles. The van der Waals surface area contributed by atoms with Gasteiger partial charge in [0, 0.05) is 6.26 Å². The van der Waals surface area contributed by atoms with Crippen molar-refractivity contribution in [1.82, 2.24) is 0 Å². The third-order valence-electron chi connectivity index (χ3n) is 0. The Hall–Kier alpha value is 1.95. The summed E-state index contributed by atoms with van der Waals surface area (Å²) in [7, 11) is 0. The van der Waals surface area contributed by atoms with Gasteiger partial charge in [0.2, 0.25) is 0 Å². The minimum Gasteiger partial charge on any atom is -1.00 e. The first kappa shape index (κ1) is 9.34. The van der Waals surface area contributed by atoms with Gasteiger partial charge >= 0.3 is 51.4 Å². The van der Waals surface area contributed by atoms with Crippen molar-refractivity contribution in [3.8, 4) is 0 Å². The molecular formula is CH5KOS. The molecule has 0 spiro atoms. The maximum atomic E-state index is 7.49. The summed E-state index contributed by atoms with van der Waals surface area (Å²) in [4.78, 5) is 0. The Bertz CT molecular complexity index is 11.6. The first-order valence-corrected chi connectivity index (χ1v) is 1.77. The van der Waals surface area contributed by atoms with Gasteiger partial charge in [0.05, 0.1) is 0 Å². The summed E-state index contributed by atoms with van der Waals surface area (Å²) >= 11 is 0.750. The van der Waals surface area contributed by atoms with Gasteiger partial charge < -0.3 is 5.98 Å². The van der Waals surface area contributed by atoms with E-state index in [-0.39, 0.29) is 52.8 Å². The van der Waals surface area contributed by atoms with Crippen LogP contribution in [0.4, 0.5) is 0 Å². The van der Waals surface area contributed by atoms with Crippen LogP contribution in [0, 0.1) is 0 Å². The number of hydrogen-bond acceptors (Lipinski definition) is 2. The normalized spacial score (nSPS) is 4.50. The van der Waals surface area contributed by atoms with Gasteiger partial charge in [0.25, 0.3) is 0 Å². The van der Waals surface area contributed by atoms with E-state index >= 15 is 0 Å². The molecule has 0 aromatic heterocycles. The molecule has 3 heteroatoms. The van der Waals surface area contributed by atoms with Crippen molar-refractivity contribution in [2.75, 3.05) is 6.26 Å². The maximum Gasteiger partial charge on any atom is 1.00 e. The van der Waals surface area contributed by atoms with E-state index in [9.17, 15) is 0 Å². The molecule has 0 heterocycles. The van der Waals surface area contributed by atoms with E-state index in [1.54, 1.807) is 6.26 Å². The Balaban J connectivity index is -0.0000000200. The summed E-state index contributed by atoms with van der Waals surface area (Å²) in [6.45, 7) is 0. The molecule has 0 saturated carbocycles. The largest absolute Gasteiger partial charge is 1.00 e. The standard InChI is InChI=1S/CH4OS.K.H/c1-3-2;;/h2H,1H3;;/q;+1;-1. The average molecular weight is 104 g/mol. The van der Waals surface area contributed by atoms with Crippen LogP contribution >= 0.6 is 12.0 Å². The Kier molecular flexibility index (Phi) is 20.7. The van der Waals surface area contributed by atoms with Crippen molar-refractivity contribution in [3.63, 3.8) is 0 Å². The van der Waals surface area contributed by atoms with Crippen molar-refractivity contribution >= 4 is 12.0 Å². The molecule has 0 fully saturated rings. The van der Waals surface area contributed by atoms with Gasteiger partial charge in [-0.2, -0.15) is 0 Å². The molecule has 0 atom stereocenters. The summed E-state index contributed by atoms with van der Waals surface area (Å²) in [5.74, 6) is 0. The fourth-order valence-electron chi connectivity index (χ4n) is 0. The van der Waals surface area contributed by atoms with Crippen LogP contribution in [0.5, 0.6) is 0 Å². The van der Waals surface area contributed by atoms with Crippen LogP contribution in [0.15, 0.2) is 0 Å². The fourth-order valence-corrected chi connectivity index (χ4v) is 0. The van der Waals surface area contributed by atoms with Crippen molar-refractivity contribution < 1.29 is 57.4 Å². The van der Waals surface area contributed by atoms with E-state index in [1.165, 1.54) is 0 Å². The van der Waals surface area contributed by atoms with E-state index < -0.39 is 0 Å². The van der Waals surface area contributed by atoms with Crippen LogP contribution in [0.2, 0.25) is 0 Å². The Labute approximate surface area is 74.3 Å². The monoisotopic (exact) mass is 104 g/mol. The molecule has 0 aromatic rings. The summed E-state index contributed by atoms with van der Waals surface area (Å²) in [5, 5.41) is 0. The van der Waals surface area contributed by atoms with Gasteiger partial charge in [0.15, 0.2) is 0 Å². The molecule has 0 aliphatic heterocycles. The quantitative estimate of drug-likeness (QED) is 0.282. The smallest absolute Gasteiger partial charge is 1.00 e. The van der Waals surface area contributed by atoms with Crippen LogP contribution in [0.3, 0.4) is 0 Å². The zero-order chi connectivity index (χ0) is 2.71. The van der Waals surface area contributed by atoms with Gasteiger partial charge in [-0.1, -0.05) is 0 Å². The van der Waals surface area contributed by atoms with E-state index in [1.807, 2.05) is 0 Å². The Morgan fingerprint density at radius 3 is 2.00 bits per heavy atom. The topological polar surface area (TPSA) is 20.2 Å². The first-order chi connectivity index (χ1) is 1.41. The molecule has 1 N–H and O–H groups in total. The zero-order valence-electron chi connectivity index (χ0n) is 3.86. The molecule has 0 saturated heterocycles. The van der Waals surface area contributed by atoms with Crippen LogP contribution in [-0.2, 0) is 0 Å². The Morgan fingerprint density at radius 1 is 2.00 bits per heavy atom. The summed E-state index contributed by atoms with van der Waals surface area (Å²) in [6, 6.07) is 0. The molecule has 0 rings (SSSR count). The van der Waals surface area contributed by atoms with Gasteiger partial charge in [-0.05, 0) is 12.0 Å². The van der Waals surface area contributed by atoms with E-state index in [2.05, 4.69) is 0 Å². The zero-order valence-corrected chi connectivity index (χ0v) is 6.80. The summed E-state index contributed by atoms with van der Waals surface area (Å²) < 4.78 is 7.49. The number of hydrogen-bond donors (Lipinski definition) is 1. The molecule has 0 radical (unpaired) electrons. The van der Waals surface area contributed by atoms with Gasteiger partial charge in [-0.3, -0.25) is 0 Å². The van der Waals surface area contributed by atoms with Crippen LogP contribution in [0.25, 0.3) is 0 Å². The van der Waals surface area contributed by atoms with Crippen molar-refractivity contribution in [3.05, 3.63) is 0 Å². The van der Waals surface area contributed by atoms with Gasteiger partial charge in [-0.25, -0.2) is 0 Å². The van der Waals surface area contributed by atoms with Crippen molar-refractivity contribution in [2.24, 2.45) is 0 Å². The Morgan fingerprint density at radius 2 is 2.00 bits per heavy atom. The van der Waals surface area contributed by atoms with Crippen molar-refractivity contribution in [2.45, 2.75) is 0 Å². The molecule has 1 nitrogen and oxygen atoms in total. The fraction of sp³-hybridized carbons (Fsp3) is 1.00. The SMILES string of the molecule is CSO.[H-].[K+]. The number of rotatable bonds is 0. The minimum atomic E-state index is 0. The molecule has 0 aromatic carbocycles. The molecule has 4 heavy (non-hydrogen) atoms. The van der Waals surface area contributed by atoms with Crippen LogP contribution in [-0.4, -0.2) is 10.8 Å². The second-order valence-electron chi connectivity index (χ2n) is 0.183. The van der Waals surface area contributed by atoms with Gasteiger partial charge in [0.1, 0.15) is 0 Å².